The molecule has 2 aliphatic rings. The summed E-state index contributed by atoms with van der Waals surface area (Å²) in [6.07, 6.45) is 6.21. The van der Waals surface area contributed by atoms with Crippen molar-refractivity contribution in [2.75, 3.05) is 19.6 Å². The number of piperidine rings is 1. The molecule has 0 aromatic carbocycles. The van der Waals surface area contributed by atoms with Gasteiger partial charge in [-0.05, 0) is 45.1 Å². The highest BCUT2D eigenvalue weighted by Crippen LogP contribution is 2.28. The van der Waals surface area contributed by atoms with Crippen molar-refractivity contribution in [1.29, 1.82) is 0 Å². The van der Waals surface area contributed by atoms with Crippen LogP contribution in [0.2, 0.25) is 0 Å². The molecule has 2 fully saturated rings. The van der Waals surface area contributed by atoms with Crippen molar-refractivity contribution in [2.45, 2.75) is 38.6 Å². The van der Waals surface area contributed by atoms with Gasteiger partial charge in [-0.25, -0.2) is 0 Å². The number of carbonyl (C=O) groups excluding carboxylic acids is 1. The van der Waals surface area contributed by atoms with Gasteiger partial charge in [0.25, 0.3) is 5.91 Å². The van der Waals surface area contributed by atoms with Crippen LogP contribution in [-0.2, 0) is 0 Å². The van der Waals surface area contributed by atoms with Crippen LogP contribution in [-0.4, -0.2) is 41.5 Å². The number of likely N-dealkylation sites (tertiary alicyclic amines) is 1. The molecule has 0 unspecified atom stereocenters. The molecule has 0 bridgehead atoms. The lowest BCUT2D eigenvalue weighted by Crippen LogP contribution is -2.46. The quantitative estimate of drug-likeness (QED) is 0.878. The minimum Gasteiger partial charge on any atom is -0.364 e. The Bertz CT molecular complexity index is 569. The highest BCUT2D eigenvalue weighted by atomic mass is 16.2. The largest absolute Gasteiger partial charge is 0.364 e. The average molecular weight is 289 g/mol. The number of hydrogen-bond acceptors (Lipinski definition) is 3. The number of rotatable bonds is 4. The molecule has 5 heteroatoms. The Kier molecular flexibility index (Phi) is 4.10. The summed E-state index contributed by atoms with van der Waals surface area (Å²) in [5.41, 5.74) is 0.842. The first kappa shape index (κ1) is 14.3. The molecule has 1 aliphatic carbocycles. The Labute approximate surface area is 124 Å². The maximum Gasteiger partial charge on any atom is 0.259 e. The molecule has 0 atom stereocenters. The highest BCUT2D eigenvalue weighted by molar-refractivity contribution is 5.93. The van der Waals surface area contributed by atoms with Gasteiger partial charge in [0, 0.05) is 37.1 Å². The van der Waals surface area contributed by atoms with Crippen molar-refractivity contribution in [2.24, 2.45) is 5.92 Å². The van der Waals surface area contributed by atoms with Crippen LogP contribution in [0.5, 0.6) is 0 Å². The van der Waals surface area contributed by atoms with Crippen LogP contribution >= 0.6 is 0 Å². The normalized spacial score (nSPS) is 19.8. The number of pyridine rings is 1. The second-order valence-corrected chi connectivity index (χ2v) is 6.31. The predicted molar refractivity (Wildman–Crippen MR) is 81.5 cm³/mol. The van der Waals surface area contributed by atoms with Gasteiger partial charge in [-0.3, -0.25) is 9.59 Å². The molecule has 0 spiro atoms. The van der Waals surface area contributed by atoms with Crippen LogP contribution in [0.25, 0.3) is 0 Å². The number of nitrogens with one attached hydrogen (secondary N) is 2. The van der Waals surface area contributed by atoms with E-state index in [0.29, 0.717) is 6.04 Å². The lowest BCUT2D eigenvalue weighted by Gasteiger charge is -2.32. The minimum atomic E-state index is -0.190. The molecule has 114 valence electrons. The number of aromatic nitrogens is 1. The van der Waals surface area contributed by atoms with E-state index in [1.54, 1.807) is 4.90 Å². The smallest absolute Gasteiger partial charge is 0.259 e. The molecule has 2 heterocycles. The van der Waals surface area contributed by atoms with E-state index in [1.165, 1.54) is 25.1 Å². The maximum absolute atomic E-state index is 12.4. The molecule has 21 heavy (non-hydrogen) atoms. The lowest BCUT2D eigenvalue weighted by atomic mass is 10.0. The van der Waals surface area contributed by atoms with Gasteiger partial charge in [0.05, 0.1) is 0 Å². The molecule has 1 aromatic heterocycles. The van der Waals surface area contributed by atoms with Gasteiger partial charge in [0.15, 0.2) is 5.43 Å². The second-order valence-electron chi connectivity index (χ2n) is 6.31. The van der Waals surface area contributed by atoms with Gasteiger partial charge >= 0.3 is 0 Å². The fraction of sp³-hybridized carbons (Fsp3) is 0.625. The van der Waals surface area contributed by atoms with Crippen molar-refractivity contribution >= 4 is 5.91 Å². The first-order valence-electron chi connectivity index (χ1n) is 7.85. The van der Waals surface area contributed by atoms with Gasteiger partial charge in [-0.1, -0.05) is 0 Å². The van der Waals surface area contributed by atoms with Crippen LogP contribution in [0.1, 0.15) is 41.7 Å². The maximum atomic E-state index is 12.4. The fourth-order valence-corrected chi connectivity index (χ4v) is 2.85. The van der Waals surface area contributed by atoms with E-state index < -0.39 is 0 Å². The Hall–Kier alpha value is -1.62. The first-order chi connectivity index (χ1) is 10.1. The van der Waals surface area contributed by atoms with Gasteiger partial charge in [0.2, 0.25) is 0 Å². The third kappa shape index (κ3) is 3.53. The number of carbonyl (C=O) groups is 1. The molecular formula is C16H23N3O2. The Morgan fingerprint density at radius 2 is 2.05 bits per heavy atom. The number of amides is 1. The van der Waals surface area contributed by atoms with E-state index in [1.807, 2.05) is 6.92 Å². The molecule has 1 saturated carbocycles. The summed E-state index contributed by atoms with van der Waals surface area (Å²) >= 11 is 0. The fourth-order valence-electron chi connectivity index (χ4n) is 2.85. The Balaban J connectivity index is 1.55. The molecular weight excluding hydrogens is 266 g/mol. The summed E-state index contributed by atoms with van der Waals surface area (Å²) in [5.74, 6) is 0.743. The molecule has 1 amide bonds. The summed E-state index contributed by atoms with van der Waals surface area (Å²) in [5, 5.41) is 3.60. The van der Waals surface area contributed by atoms with Crippen molar-refractivity contribution in [3.63, 3.8) is 0 Å². The van der Waals surface area contributed by atoms with Gasteiger partial charge < -0.3 is 15.2 Å². The van der Waals surface area contributed by atoms with Crippen LogP contribution in [0.3, 0.4) is 0 Å². The molecule has 5 nitrogen and oxygen atoms in total. The van der Waals surface area contributed by atoms with E-state index >= 15 is 0 Å². The monoisotopic (exact) mass is 289 g/mol. The predicted octanol–water partition coefficient (Wildman–Crippen LogP) is 1.29. The van der Waals surface area contributed by atoms with E-state index in [2.05, 4.69) is 10.3 Å². The third-order valence-electron chi connectivity index (χ3n) is 4.46. The minimum absolute atomic E-state index is 0.142. The SMILES string of the molecule is Cc1cc(=O)c(C(=O)N2CCC(NCC3CC3)CC2)c[nH]1. The summed E-state index contributed by atoms with van der Waals surface area (Å²) in [7, 11) is 0. The Morgan fingerprint density at radius 1 is 1.33 bits per heavy atom. The van der Waals surface area contributed by atoms with Crippen LogP contribution in [0, 0.1) is 12.8 Å². The number of aryl methyl sites for hydroxylation is 1. The van der Waals surface area contributed by atoms with Gasteiger partial charge in [0.1, 0.15) is 5.56 Å². The standard InChI is InChI=1S/C16H23N3O2/c1-11-8-15(20)14(10-17-11)16(21)19-6-4-13(5-7-19)18-9-12-2-3-12/h8,10,12-13,18H,2-7,9H2,1H3,(H,17,20). The third-order valence-corrected chi connectivity index (χ3v) is 4.46. The van der Waals surface area contributed by atoms with Crippen LogP contribution < -0.4 is 10.7 Å². The summed E-state index contributed by atoms with van der Waals surface area (Å²) in [6.45, 7) is 4.39. The zero-order valence-electron chi connectivity index (χ0n) is 12.5. The van der Waals surface area contributed by atoms with Crippen LogP contribution in [0.15, 0.2) is 17.1 Å². The second kappa shape index (κ2) is 6.02. The van der Waals surface area contributed by atoms with E-state index in [4.69, 9.17) is 0 Å². The zero-order valence-corrected chi connectivity index (χ0v) is 12.5. The molecule has 1 saturated heterocycles. The molecule has 3 rings (SSSR count). The first-order valence-corrected chi connectivity index (χ1v) is 7.85. The van der Waals surface area contributed by atoms with E-state index in [0.717, 1.165) is 44.1 Å². The highest BCUT2D eigenvalue weighted by Gasteiger charge is 2.27. The van der Waals surface area contributed by atoms with Crippen molar-refractivity contribution in [1.82, 2.24) is 15.2 Å². The van der Waals surface area contributed by atoms with Crippen molar-refractivity contribution in [3.05, 3.63) is 33.7 Å². The molecule has 2 N–H and O–H groups in total. The summed E-state index contributed by atoms with van der Waals surface area (Å²) in [4.78, 5) is 29.0. The Morgan fingerprint density at radius 3 is 2.67 bits per heavy atom. The van der Waals surface area contributed by atoms with E-state index in [-0.39, 0.29) is 16.9 Å². The lowest BCUT2D eigenvalue weighted by molar-refractivity contribution is 0.0703. The van der Waals surface area contributed by atoms with Crippen molar-refractivity contribution < 1.29 is 4.79 Å². The number of H-pyrrole nitrogens is 1. The summed E-state index contributed by atoms with van der Waals surface area (Å²) in [6, 6.07) is 2.00. The molecule has 0 radical (unpaired) electrons. The average Bonchev–Trinajstić information content (AvgIpc) is 3.29. The molecule has 1 aromatic rings. The number of aromatic amines is 1. The van der Waals surface area contributed by atoms with Crippen molar-refractivity contribution in [3.8, 4) is 0 Å². The van der Waals surface area contributed by atoms with Crippen LogP contribution in [0.4, 0.5) is 0 Å². The zero-order chi connectivity index (χ0) is 14.8. The van der Waals surface area contributed by atoms with Gasteiger partial charge in [-0.2, -0.15) is 0 Å². The number of nitrogens with zero attached hydrogens (tertiary/aromatic N) is 1. The topological polar surface area (TPSA) is 65.2 Å². The van der Waals surface area contributed by atoms with Gasteiger partial charge in [-0.15, -0.1) is 0 Å². The summed E-state index contributed by atoms with van der Waals surface area (Å²) < 4.78 is 0. The molecule has 1 aliphatic heterocycles. The number of hydrogen-bond donors (Lipinski definition) is 2. The van der Waals surface area contributed by atoms with E-state index in [9.17, 15) is 9.59 Å².